The van der Waals surface area contributed by atoms with Gasteiger partial charge in [-0.1, -0.05) is 12.2 Å². The van der Waals surface area contributed by atoms with E-state index in [0.717, 1.165) is 0 Å². The minimum Gasteiger partial charge on any atom is -0.393 e. The zero-order valence-electron chi connectivity index (χ0n) is 10.1. The summed E-state index contributed by atoms with van der Waals surface area (Å²) in [4.78, 5) is 25.5. The van der Waals surface area contributed by atoms with Crippen LogP contribution in [0.1, 0.15) is 32.6 Å². The first-order valence-electron chi connectivity index (χ1n) is 6.29. The maximum atomic E-state index is 12.0. The molecule has 0 bridgehead atoms. The molecule has 4 heteroatoms. The van der Waals surface area contributed by atoms with Gasteiger partial charge in [0.15, 0.2) is 0 Å². The number of nitrogens with zero attached hydrogens (tertiary/aromatic N) is 1. The van der Waals surface area contributed by atoms with Crippen molar-refractivity contribution in [3.05, 3.63) is 12.2 Å². The van der Waals surface area contributed by atoms with Crippen molar-refractivity contribution in [3.8, 4) is 0 Å². The van der Waals surface area contributed by atoms with Crippen molar-refractivity contribution in [3.63, 3.8) is 0 Å². The van der Waals surface area contributed by atoms with E-state index in [0.29, 0.717) is 32.2 Å². The minimum absolute atomic E-state index is 0.0186. The quantitative estimate of drug-likeness (QED) is 0.588. The first-order valence-corrected chi connectivity index (χ1v) is 6.29. The van der Waals surface area contributed by atoms with E-state index in [1.807, 2.05) is 12.2 Å². The second-order valence-corrected chi connectivity index (χ2v) is 4.98. The van der Waals surface area contributed by atoms with Crippen molar-refractivity contribution in [2.75, 3.05) is 6.54 Å². The van der Waals surface area contributed by atoms with Crippen LogP contribution in [0.2, 0.25) is 0 Å². The van der Waals surface area contributed by atoms with E-state index >= 15 is 0 Å². The molecule has 2 aliphatic rings. The van der Waals surface area contributed by atoms with Crippen molar-refractivity contribution >= 4 is 11.8 Å². The van der Waals surface area contributed by atoms with E-state index in [2.05, 4.69) is 0 Å². The summed E-state index contributed by atoms with van der Waals surface area (Å²) in [6.07, 6.45) is 6.32. The Labute approximate surface area is 101 Å². The van der Waals surface area contributed by atoms with Gasteiger partial charge in [0, 0.05) is 6.54 Å². The molecule has 1 saturated heterocycles. The highest BCUT2D eigenvalue weighted by Crippen LogP contribution is 2.35. The van der Waals surface area contributed by atoms with Crippen LogP contribution in [0.25, 0.3) is 0 Å². The average Bonchev–Trinajstić information content (AvgIpc) is 2.54. The topological polar surface area (TPSA) is 57.6 Å². The maximum Gasteiger partial charge on any atom is 0.233 e. The second kappa shape index (κ2) is 5.00. The molecule has 1 aliphatic heterocycles. The summed E-state index contributed by atoms with van der Waals surface area (Å²) in [5, 5.41) is 9.17. The number of carbonyl (C=O) groups is 2. The van der Waals surface area contributed by atoms with Crippen LogP contribution in [0, 0.1) is 11.8 Å². The summed E-state index contributed by atoms with van der Waals surface area (Å²) in [6, 6.07) is 0. The van der Waals surface area contributed by atoms with E-state index in [4.69, 9.17) is 5.11 Å². The minimum atomic E-state index is -0.369. The molecular weight excluding hydrogens is 218 g/mol. The molecule has 0 aromatic rings. The fourth-order valence-corrected chi connectivity index (χ4v) is 2.63. The molecular formula is C13H19NO3. The summed E-state index contributed by atoms with van der Waals surface area (Å²) in [7, 11) is 0. The highest BCUT2D eigenvalue weighted by molar-refractivity contribution is 6.05. The van der Waals surface area contributed by atoms with Gasteiger partial charge in [0.2, 0.25) is 11.8 Å². The van der Waals surface area contributed by atoms with Gasteiger partial charge in [-0.15, -0.1) is 0 Å². The fraction of sp³-hybridized carbons (Fsp3) is 0.692. The molecule has 0 spiro atoms. The monoisotopic (exact) mass is 237 g/mol. The van der Waals surface area contributed by atoms with Crippen molar-refractivity contribution in [2.24, 2.45) is 11.8 Å². The fourth-order valence-electron chi connectivity index (χ4n) is 2.63. The third kappa shape index (κ3) is 2.41. The summed E-state index contributed by atoms with van der Waals surface area (Å²) < 4.78 is 0. The number of hydrogen-bond donors (Lipinski definition) is 1. The Morgan fingerprint density at radius 1 is 1.29 bits per heavy atom. The lowest BCUT2D eigenvalue weighted by Crippen LogP contribution is -2.32. The molecule has 3 atom stereocenters. The molecule has 4 nitrogen and oxygen atoms in total. The lowest BCUT2D eigenvalue weighted by molar-refractivity contribution is -0.140. The van der Waals surface area contributed by atoms with Crippen LogP contribution in [0.3, 0.4) is 0 Å². The normalized spacial score (nSPS) is 29.6. The molecule has 1 aliphatic carbocycles. The molecule has 1 heterocycles. The number of likely N-dealkylation sites (tertiary alicyclic amines) is 1. The van der Waals surface area contributed by atoms with E-state index in [-0.39, 0.29) is 29.8 Å². The molecule has 0 radical (unpaired) electrons. The third-order valence-corrected chi connectivity index (χ3v) is 3.60. The first-order chi connectivity index (χ1) is 8.11. The number of aliphatic hydroxyl groups excluding tert-OH is 1. The summed E-state index contributed by atoms with van der Waals surface area (Å²) >= 11 is 0. The SMILES string of the molecule is CC(O)CCCN1C(=O)C2CC=CCC2C1=O. The zero-order chi connectivity index (χ0) is 12.4. The average molecular weight is 237 g/mol. The highest BCUT2D eigenvalue weighted by Gasteiger charge is 2.46. The number of allylic oxidation sites excluding steroid dienone is 2. The van der Waals surface area contributed by atoms with Gasteiger partial charge in [0.25, 0.3) is 0 Å². The Kier molecular flexibility index (Phi) is 3.62. The van der Waals surface area contributed by atoms with Gasteiger partial charge in [-0.05, 0) is 32.6 Å². The highest BCUT2D eigenvalue weighted by atomic mass is 16.3. The number of imide groups is 1. The summed E-state index contributed by atoms with van der Waals surface area (Å²) in [5.41, 5.74) is 0. The Morgan fingerprint density at radius 3 is 2.29 bits per heavy atom. The van der Waals surface area contributed by atoms with Crippen LogP contribution in [0.15, 0.2) is 12.2 Å². The first kappa shape index (κ1) is 12.3. The smallest absolute Gasteiger partial charge is 0.233 e. The standard InChI is InChI=1S/C13H19NO3/c1-9(15)5-4-8-14-12(16)10-6-2-3-7-11(10)13(14)17/h2-3,9-11,15H,4-8H2,1H3. The summed E-state index contributed by atoms with van der Waals surface area (Å²) in [5.74, 6) is -0.289. The second-order valence-electron chi connectivity index (χ2n) is 4.98. The molecule has 0 aromatic heterocycles. The van der Waals surface area contributed by atoms with Crippen LogP contribution in [0.5, 0.6) is 0 Å². The van der Waals surface area contributed by atoms with Crippen molar-refractivity contribution < 1.29 is 14.7 Å². The van der Waals surface area contributed by atoms with Crippen LogP contribution < -0.4 is 0 Å². The van der Waals surface area contributed by atoms with Gasteiger partial charge in [-0.2, -0.15) is 0 Å². The van der Waals surface area contributed by atoms with E-state index < -0.39 is 0 Å². The van der Waals surface area contributed by atoms with Gasteiger partial charge in [0.05, 0.1) is 17.9 Å². The number of fused-ring (bicyclic) bond motifs is 1. The van der Waals surface area contributed by atoms with Crippen LogP contribution in [-0.4, -0.2) is 34.5 Å². The van der Waals surface area contributed by atoms with Crippen LogP contribution in [0.4, 0.5) is 0 Å². The van der Waals surface area contributed by atoms with Gasteiger partial charge in [-0.25, -0.2) is 0 Å². The lowest BCUT2D eigenvalue weighted by Gasteiger charge is -2.14. The Bertz CT molecular complexity index is 323. The third-order valence-electron chi connectivity index (χ3n) is 3.60. The van der Waals surface area contributed by atoms with Crippen molar-refractivity contribution in [1.29, 1.82) is 0 Å². The van der Waals surface area contributed by atoms with Crippen molar-refractivity contribution in [1.82, 2.24) is 4.90 Å². The number of carbonyl (C=O) groups excluding carboxylic acids is 2. The molecule has 17 heavy (non-hydrogen) atoms. The number of amides is 2. The van der Waals surface area contributed by atoms with Crippen LogP contribution in [-0.2, 0) is 9.59 Å². The number of hydrogen-bond acceptors (Lipinski definition) is 3. The number of aliphatic hydroxyl groups is 1. The predicted molar refractivity (Wildman–Crippen MR) is 63.0 cm³/mol. The van der Waals surface area contributed by atoms with E-state index in [9.17, 15) is 9.59 Å². The van der Waals surface area contributed by atoms with Crippen LogP contribution >= 0.6 is 0 Å². The molecule has 0 saturated carbocycles. The molecule has 2 rings (SSSR count). The molecule has 3 unspecified atom stereocenters. The van der Waals surface area contributed by atoms with E-state index in [1.54, 1.807) is 6.92 Å². The molecule has 2 amide bonds. The molecule has 0 aromatic carbocycles. The number of rotatable bonds is 4. The van der Waals surface area contributed by atoms with Gasteiger partial charge in [-0.3, -0.25) is 14.5 Å². The Balaban J connectivity index is 1.95. The molecule has 1 fully saturated rings. The van der Waals surface area contributed by atoms with Crippen molar-refractivity contribution in [2.45, 2.75) is 38.7 Å². The largest absolute Gasteiger partial charge is 0.393 e. The molecule has 1 N–H and O–H groups in total. The summed E-state index contributed by atoms with van der Waals surface area (Å²) in [6.45, 7) is 2.17. The predicted octanol–water partition coefficient (Wildman–Crippen LogP) is 1.10. The van der Waals surface area contributed by atoms with Gasteiger partial charge >= 0.3 is 0 Å². The maximum absolute atomic E-state index is 12.0. The van der Waals surface area contributed by atoms with Gasteiger partial charge in [0.1, 0.15) is 0 Å². The Morgan fingerprint density at radius 2 is 1.82 bits per heavy atom. The Hall–Kier alpha value is -1.16. The van der Waals surface area contributed by atoms with Gasteiger partial charge < -0.3 is 5.11 Å². The van der Waals surface area contributed by atoms with E-state index in [1.165, 1.54) is 4.90 Å². The lowest BCUT2D eigenvalue weighted by atomic mass is 9.85. The molecule has 94 valence electrons. The zero-order valence-corrected chi connectivity index (χ0v) is 10.1.